The number of esters is 1. The summed E-state index contributed by atoms with van der Waals surface area (Å²) in [4.78, 5) is 24.0. The van der Waals surface area contributed by atoms with Crippen molar-refractivity contribution in [3.63, 3.8) is 0 Å². The number of benzene rings is 2. The van der Waals surface area contributed by atoms with Crippen LogP contribution >= 0.6 is 0 Å². The lowest BCUT2D eigenvalue weighted by Crippen LogP contribution is -2.22. The molecule has 0 spiro atoms. The van der Waals surface area contributed by atoms with Gasteiger partial charge in [0, 0.05) is 5.69 Å². The third-order valence-electron chi connectivity index (χ3n) is 4.21. The van der Waals surface area contributed by atoms with Crippen LogP contribution in [0.5, 0.6) is 0 Å². The van der Waals surface area contributed by atoms with Crippen molar-refractivity contribution in [2.24, 2.45) is 0 Å². The Morgan fingerprint density at radius 2 is 1.76 bits per heavy atom. The molecule has 1 amide bonds. The number of hydrogen-bond donors (Lipinski definition) is 1. The first-order valence-electron chi connectivity index (χ1n) is 8.59. The summed E-state index contributed by atoms with van der Waals surface area (Å²) in [5, 5.41) is 2.84. The predicted octanol–water partition coefficient (Wildman–Crippen LogP) is 4.23. The van der Waals surface area contributed by atoms with Gasteiger partial charge in [-0.15, -0.1) is 0 Å². The highest BCUT2D eigenvalue weighted by Crippen LogP contribution is 2.26. The summed E-state index contributed by atoms with van der Waals surface area (Å²) in [6, 6.07) is 15.4. The van der Waals surface area contributed by atoms with Gasteiger partial charge in [-0.25, -0.2) is 0 Å². The molecule has 0 saturated heterocycles. The van der Waals surface area contributed by atoms with Crippen molar-refractivity contribution in [2.45, 2.75) is 39.5 Å². The Balaban J connectivity index is 1.86. The van der Waals surface area contributed by atoms with Gasteiger partial charge in [0.1, 0.15) is 0 Å². The van der Waals surface area contributed by atoms with Gasteiger partial charge in [-0.05, 0) is 36.5 Å². The van der Waals surface area contributed by atoms with Crippen LogP contribution in [0.4, 0.5) is 5.69 Å². The number of para-hydroxylation sites is 1. The first-order valence-corrected chi connectivity index (χ1v) is 8.59. The van der Waals surface area contributed by atoms with Crippen LogP contribution in [0, 0.1) is 6.92 Å². The summed E-state index contributed by atoms with van der Waals surface area (Å²) in [6.45, 7) is 5.94. The maximum atomic E-state index is 12.1. The minimum absolute atomic E-state index is 0.164. The third kappa shape index (κ3) is 5.75. The fraction of sp³-hybridized carbons (Fsp3) is 0.333. The fourth-order valence-electron chi connectivity index (χ4n) is 2.52. The normalized spacial score (nSPS) is 11.6. The van der Waals surface area contributed by atoms with Crippen LogP contribution in [-0.4, -0.2) is 18.5 Å². The Hall–Kier alpha value is -2.62. The number of carbonyl (C=O) groups is 2. The largest absolute Gasteiger partial charge is 0.455 e. The zero-order valence-electron chi connectivity index (χ0n) is 15.0. The van der Waals surface area contributed by atoms with E-state index in [1.807, 2.05) is 55.5 Å². The van der Waals surface area contributed by atoms with Crippen molar-refractivity contribution >= 4 is 17.6 Å². The summed E-state index contributed by atoms with van der Waals surface area (Å²) in [7, 11) is 0. The van der Waals surface area contributed by atoms with Gasteiger partial charge in [-0.3, -0.25) is 9.59 Å². The summed E-state index contributed by atoms with van der Waals surface area (Å²) in [5.41, 5.74) is 3.87. The summed E-state index contributed by atoms with van der Waals surface area (Å²) in [5.74, 6) is -0.386. The second-order valence-electron chi connectivity index (χ2n) is 6.27. The topological polar surface area (TPSA) is 55.4 Å². The van der Waals surface area contributed by atoms with Gasteiger partial charge in [-0.2, -0.15) is 0 Å². The SMILES string of the molecule is CC[C@H](C)c1ccccc1NC(=O)COC(=O)Cc1ccc(C)cc1. The fourth-order valence-corrected chi connectivity index (χ4v) is 2.52. The van der Waals surface area contributed by atoms with Crippen molar-refractivity contribution in [2.75, 3.05) is 11.9 Å². The molecule has 2 aromatic rings. The molecule has 0 radical (unpaired) electrons. The average molecular weight is 339 g/mol. The van der Waals surface area contributed by atoms with E-state index in [2.05, 4.69) is 19.2 Å². The molecule has 0 aromatic heterocycles. The second kappa shape index (κ2) is 9.02. The van der Waals surface area contributed by atoms with Crippen LogP contribution in [0.25, 0.3) is 0 Å². The third-order valence-corrected chi connectivity index (χ3v) is 4.21. The van der Waals surface area contributed by atoms with Crippen LogP contribution < -0.4 is 5.32 Å². The molecule has 2 rings (SSSR count). The number of hydrogen-bond acceptors (Lipinski definition) is 3. The molecular weight excluding hydrogens is 314 g/mol. The Morgan fingerprint density at radius 3 is 2.44 bits per heavy atom. The lowest BCUT2D eigenvalue weighted by molar-refractivity contribution is -0.146. The molecule has 4 nitrogen and oxygen atoms in total. The molecular formula is C21H25NO3. The zero-order chi connectivity index (χ0) is 18.2. The highest BCUT2D eigenvalue weighted by atomic mass is 16.5. The van der Waals surface area contributed by atoms with Crippen molar-refractivity contribution in [3.8, 4) is 0 Å². The molecule has 132 valence electrons. The number of carbonyl (C=O) groups excluding carboxylic acids is 2. The van der Waals surface area contributed by atoms with E-state index < -0.39 is 5.97 Å². The highest BCUT2D eigenvalue weighted by molar-refractivity contribution is 5.93. The molecule has 2 aromatic carbocycles. The van der Waals surface area contributed by atoms with Crippen molar-refractivity contribution in [1.82, 2.24) is 0 Å². The van der Waals surface area contributed by atoms with Crippen molar-refractivity contribution < 1.29 is 14.3 Å². The standard InChI is InChI=1S/C21H25NO3/c1-4-16(3)18-7-5-6-8-19(18)22-20(23)14-25-21(24)13-17-11-9-15(2)10-12-17/h5-12,16H,4,13-14H2,1-3H3,(H,22,23)/t16-/m0/s1. The van der Waals surface area contributed by atoms with E-state index in [4.69, 9.17) is 4.74 Å². The van der Waals surface area contributed by atoms with Gasteiger partial charge < -0.3 is 10.1 Å². The molecule has 1 N–H and O–H groups in total. The number of ether oxygens (including phenoxy) is 1. The van der Waals surface area contributed by atoms with Gasteiger partial charge in [0.25, 0.3) is 5.91 Å². The van der Waals surface area contributed by atoms with Gasteiger partial charge >= 0.3 is 5.97 Å². The first kappa shape index (κ1) is 18.7. The molecule has 1 atom stereocenters. The number of nitrogens with one attached hydrogen (secondary N) is 1. The van der Waals surface area contributed by atoms with Crippen molar-refractivity contribution in [1.29, 1.82) is 0 Å². The molecule has 0 heterocycles. The van der Waals surface area contributed by atoms with Crippen LogP contribution in [0.1, 0.15) is 42.9 Å². The molecule has 0 bridgehead atoms. The van der Waals surface area contributed by atoms with Gasteiger partial charge in [0.2, 0.25) is 0 Å². The van der Waals surface area contributed by atoms with Crippen LogP contribution in [0.15, 0.2) is 48.5 Å². The molecule has 0 aliphatic heterocycles. The van der Waals surface area contributed by atoms with Gasteiger partial charge in [-0.1, -0.05) is 61.9 Å². The number of amides is 1. The number of aryl methyl sites for hydroxylation is 1. The lowest BCUT2D eigenvalue weighted by atomic mass is 9.97. The number of rotatable bonds is 7. The molecule has 0 fully saturated rings. The first-order chi connectivity index (χ1) is 12.0. The van der Waals surface area contributed by atoms with Gasteiger partial charge in [0.15, 0.2) is 6.61 Å². The second-order valence-corrected chi connectivity index (χ2v) is 6.27. The molecule has 25 heavy (non-hydrogen) atoms. The minimum Gasteiger partial charge on any atom is -0.455 e. The molecule has 0 aliphatic rings. The molecule has 4 heteroatoms. The molecule has 0 saturated carbocycles. The maximum Gasteiger partial charge on any atom is 0.310 e. The Morgan fingerprint density at radius 1 is 1.08 bits per heavy atom. The quantitative estimate of drug-likeness (QED) is 0.768. The Labute approximate surface area is 149 Å². The summed E-state index contributed by atoms with van der Waals surface area (Å²) >= 11 is 0. The Bertz CT molecular complexity index is 722. The van der Waals surface area contributed by atoms with E-state index in [-0.39, 0.29) is 18.9 Å². The Kier molecular flexibility index (Phi) is 6.75. The lowest BCUT2D eigenvalue weighted by Gasteiger charge is -2.15. The van der Waals surface area contributed by atoms with Crippen LogP contribution in [-0.2, 0) is 20.7 Å². The van der Waals surface area contributed by atoms with E-state index in [0.717, 1.165) is 28.8 Å². The summed E-state index contributed by atoms with van der Waals surface area (Å²) < 4.78 is 5.09. The van der Waals surface area contributed by atoms with E-state index in [9.17, 15) is 9.59 Å². The average Bonchev–Trinajstić information content (AvgIpc) is 2.62. The smallest absolute Gasteiger partial charge is 0.310 e. The highest BCUT2D eigenvalue weighted by Gasteiger charge is 2.13. The monoisotopic (exact) mass is 339 g/mol. The van der Waals surface area contributed by atoms with E-state index in [1.54, 1.807) is 0 Å². The predicted molar refractivity (Wildman–Crippen MR) is 99.6 cm³/mol. The van der Waals surface area contributed by atoms with E-state index >= 15 is 0 Å². The van der Waals surface area contributed by atoms with E-state index in [0.29, 0.717) is 5.92 Å². The zero-order valence-corrected chi connectivity index (χ0v) is 15.0. The van der Waals surface area contributed by atoms with Crippen LogP contribution in [0.2, 0.25) is 0 Å². The maximum absolute atomic E-state index is 12.1. The summed E-state index contributed by atoms with van der Waals surface area (Å²) in [6.07, 6.45) is 1.15. The molecule has 0 aliphatic carbocycles. The van der Waals surface area contributed by atoms with E-state index in [1.165, 1.54) is 0 Å². The minimum atomic E-state index is -0.408. The molecule has 0 unspecified atom stereocenters. The van der Waals surface area contributed by atoms with Gasteiger partial charge in [0.05, 0.1) is 6.42 Å². The van der Waals surface area contributed by atoms with Crippen LogP contribution in [0.3, 0.4) is 0 Å². The van der Waals surface area contributed by atoms with Crippen molar-refractivity contribution in [3.05, 3.63) is 65.2 Å². The number of anilines is 1.